The zero-order valence-corrected chi connectivity index (χ0v) is 13.3. The number of rotatable bonds is 7. The zero-order chi connectivity index (χ0) is 16.8. The molecular formula is C18H21NO4. The van der Waals surface area contributed by atoms with E-state index in [1.54, 1.807) is 6.92 Å². The van der Waals surface area contributed by atoms with Crippen molar-refractivity contribution in [3.05, 3.63) is 59.0 Å². The van der Waals surface area contributed by atoms with E-state index in [1.165, 1.54) is 6.07 Å². The number of carbonyl (C=O) groups excluding carboxylic acids is 1. The Morgan fingerprint density at radius 3 is 2.52 bits per heavy atom. The molecular weight excluding hydrogens is 294 g/mol. The van der Waals surface area contributed by atoms with Crippen molar-refractivity contribution < 1.29 is 19.1 Å². The number of carboxylic acid groups (broad SMARTS) is 1. The van der Waals surface area contributed by atoms with Crippen molar-refractivity contribution in [3.63, 3.8) is 0 Å². The molecule has 2 aromatic rings. The molecule has 1 amide bonds. The fourth-order valence-corrected chi connectivity index (χ4v) is 2.56. The number of hydrogen-bond acceptors (Lipinski definition) is 3. The highest BCUT2D eigenvalue weighted by Crippen LogP contribution is 2.22. The second-order valence-corrected chi connectivity index (χ2v) is 5.46. The highest BCUT2D eigenvalue weighted by Gasteiger charge is 2.20. The highest BCUT2D eigenvalue weighted by atomic mass is 16.4. The van der Waals surface area contributed by atoms with Crippen molar-refractivity contribution in [2.24, 2.45) is 0 Å². The molecule has 1 aromatic carbocycles. The SMILES string of the molecule is CCCC(C(=O)NCc1cc(C(=O)O)c(C)o1)c1ccccc1. The van der Waals surface area contributed by atoms with Gasteiger partial charge in [0.25, 0.3) is 0 Å². The Morgan fingerprint density at radius 2 is 1.96 bits per heavy atom. The number of aryl methyl sites for hydroxylation is 1. The average Bonchev–Trinajstić information content (AvgIpc) is 2.92. The van der Waals surface area contributed by atoms with Crippen LogP contribution in [0.3, 0.4) is 0 Å². The van der Waals surface area contributed by atoms with E-state index in [-0.39, 0.29) is 23.9 Å². The van der Waals surface area contributed by atoms with Gasteiger partial charge in [0.15, 0.2) is 0 Å². The lowest BCUT2D eigenvalue weighted by Crippen LogP contribution is -2.28. The van der Waals surface area contributed by atoms with Crippen molar-refractivity contribution in [2.45, 2.75) is 39.2 Å². The monoisotopic (exact) mass is 315 g/mol. The molecule has 0 spiro atoms. The third kappa shape index (κ3) is 4.22. The van der Waals surface area contributed by atoms with Crippen LogP contribution in [0, 0.1) is 6.92 Å². The number of carbonyl (C=O) groups is 2. The molecule has 0 saturated carbocycles. The summed E-state index contributed by atoms with van der Waals surface area (Å²) in [6.45, 7) is 3.82. The first-order valence-electron chi connectivity index (χ1n) is 7.68. The van der Waals surface area contributed by atoms with E-state index < -0.39 is 5.97 Å². The second kappa shape index (κ2) is 7.63. The number of furan rings is 1. The number of aromatic carboxylic acids is 1. The third-order valence-corrected chi connectivity index (χ3v) is 3.73. The maximum Gasteiger partial charge on any atom is 0.339 e. The Bertz CT molecular complexity index is 676. The van der Waals surface area contributed by atoms with Crippen molar-refractivity contribution in [3.8, 4) is 0 Å². The normalized spacial score (nSPS) is 11.9. The minimum absolute atomic E-state index is 0.0796. The van der Waals surface area contributed by atoms with Gasteiger partial charge in [0.05, 0.1) is 12.5 Å². The van der Waals surface area contributed by atoms with Crippen LogP contribution < -0.4 is 5.32 Å². The highest BCUT2D eigenvalue weighted by molar-refractivity contribution is 5.89. The summed E-state index contributed by atoms with van der Waals surface area (Å²) in [4.78, 5) is 23.5. The summed E-state index contributed by atoms with van der Waals surface area (Å²) in [6.07, 6.45) is 1.66. The Hall–Kier alpha value is -2.56. The van der Waals surface area contributed by atoms with Crippen LogP contribution in [0.15, 0.2) is 40.8 Å². The molecule has 0 aliphatic carbocycles. The lowest BCUT2D eigenvalue weighted by molar-refractivity contribution is -0.123. The van der Waals surface area contributed by atoms with Gasteiger partial charge in [-0.15, -0.1) is 0 Å². The molecule has 5 nitrogen and oxygen atoms in total. The summed E-state index contributed by atoms with van der Waals surface area (Å²) in [5.74, 6) is -0.538. The molecule has 0 aliphatic heterocycles. The lowest BCUT2D eigenvalue weighted by atomic mass is 9.93. The number of carboxylic acids is 1. The molecule has 2 rings (SSSR count). The van der Waals surface area contributed by atoms with E-state index in [0.717, 1.165) is 18.4 Å². The van der Waals surface area contributed by atoms with Crippen LogP contribution in [0.5, 0.6) is 0 Å². The molecule has 23 heavy (non-hydrogen) atoms. The molecule has 0 aliphatic rings. The molecule has 2 N–H and O–H groups in total. The first-order valence-corrected chi connectivity index (χ1v) is 7.68. The second-order valence-electron chi connectivity index (χ2n) is 5.46. The topological polar surface area (TPSA) is 79.5 Å². The van der Waals surface area contributed by atoms with Gasteiger partial charge in [0, 0.05) is 0 Å². The maximum absolute atomic E-state index is 12.5. The van der Waals surface area contributed by atoms with Gasteiger partial charge in [0.1, 0.15) is 17.1 Å². The van der Waals surface area contributed by atoms with Gasteiger partial charge in [-0.2, -0.15) is 0 Å². The molecule has 1 unspecified atom stereocenters. The fourth-order valence-electron chi connectivity index (χ4n) is 2.56. The molecule has 1 aromatic heterocycles. The fraction of sp³-hybridized carbons (Fsp3) is 0.333. The summed E-state index contributed by atoms with van der Waals surface area (Å²) >= 11 is 0. The van der Waals surface area contributed by atoms with Crippen LogP contribution in [0.4, 0.5) is 0 Å². The number of benzene rings is 1. The summed E-state index contributed by atoms with van der Waals surface area (Å²) in [5, 5.41) is 11.9. The van der Waals surface area contributed by atoms with Crippen molar-refractivity contribution in [1.29, 1.82) is 0 Å². The Balaban J connectivity index is 2.05. The van der Waals surface area contributed by atoms with Crippen LogP contribution in [0.25, 0.3) is 0 Å². The van der Waals surface area contributed by atoms with Gasteiger partial charge in [-0.1, -0.05) is 43.7 Å². The number of nitrogens with one attached hydrogen (secondary N) is 1. The minimum Gasteiger partial charge on any atom is -0.478 e. The van der Waals surface area contributed by atoms with E-state index in [9.17, 15) is 9.59 Å². The maximum atomic E-state index is 12.5. The molecule has 0 bridgehead atoms. The number of amides is 1. The number of hydrogen-bond donors (Lipinski definition) is 2. The van der Waals surface area contributed by atoms with Crippen LogP contribution >= 0.6 is 0 Å². The van der Waals surface area contributed by atoms with E-state index in [0.29, 0.717) is 11.5 Å². The molecule has 0 fully saturated rings. The van der Waals surface area contributed by atoms with Gasteiger partial charge < -0.3 is 14.8 Å². The van der Waals surface area contributed by atoms with Crippen LogP contribution in [-0.4, -0.2) is 17.0 Å². The smallest absolute Gasteiger partial charge is 0.339 e. The molecule has 1 atom stereocenters. The zero-order valence-electron chi connectivity index (χ0n) is 13.3. The lowest BCUT2D eigenvalue weighted by Gasteiger charge is -2.16. The molecule has 0 radical (unpaired) electrons. The predicted octanol–water partition coefficient (Wildman–Crippen LogP) is 3.49. The molecule has 1 heterocycles. The van der Waals surface area contributed by atoms with Crippen LogP contribution in [0.1, 0.15) is 53.1 Å². The summed E-state index contributed by atoms with van der Waals surface area (Å²) in [5.41, 5.74) is 1.11. The first-order chi connectivity index (χ1) is 11.0. The van der Waals surface area contributed by atoms with Gasteiger partial charge in [-0.25, -0.2) is 4.79 Å². The largest absolute Gasteiger partial charge is 0.478 e. The first kappa shape index (κ1) is 16.8. The Morgan fingerprint density at radius 1 is 1.26 bits per heavy atom. The van der Waals surface area contributed by atoms with Gasteiger partial charge in [0.2, 0.25) is 5.91 Å². The van der Waals surface area contributed by atoms with E-state index >= 15 is 0 Å². The quantitative estimate of drug-likeness (QED) is 0.819. The van der Waals surface area contributed by atoms with Crippen molar-refractivity contribution >= 4 is 11.9 Å². The van der Waals surface area contributed by atoms with Gasteiger partial charge in [-0.05, 0) is 25.0 Å². The summed E-state index contributed by atoms with van der Waals surface area (Å²) < 4.78 is 5.38. The predicted molar refractivity (Wildman–Crippen MR) is 86.3 cm³/mol. The van der Waals surface area contributed by atoms with Crippen molar-refractivity contribution in [2.75, 3.05) is 0 Å². The van der Waals surface area contributed by atoms with Crippen LogP contribution in [-0.2, 0) is 11.3 Å². The Kier molecular flexibility index (Phi) is 5.57. The summed E-state index contributed by atoms with van der Waals surface area (Å²) in [7, 11) is 0. The van der Waals surface area contributed by atoms with E-state index in [4.69, 9.17) is 9.52 Å². The third-order valence-electron chi connectivity index (χ3n) is 3.73. The van der Waals surface area contributed by atoms with Gasteiger partial charge >= 0.3 is 5.97 Å². The standard InChI is InChI=1S/C18H21NO4/c1-3-7-15(13-8-5-4-6-9-13)17(20)19-11-14-10-16(18(21)22)12(2)23-14/h4-6,8-10,15H,3,7,11H2,1-2H3,(H,19,20)(H,21,22). The molecule has 122 valence electrons. The Labute approximate surface area is 135 Å². The van der Waals surface area contributed by atoms with Crippen LogP contribution in [0.2, 0.25) is 0 Å². The molecule has 5 heteroatoms. The van der Waals surface area contributed by atoms with Crippen molar-refractivity contribution in [1.82, 2.24) is 5.32 Å². The van der Waals surface area contributed by atoms with E-state index in [1.807, 2.05) is 37.3 Å². The summed E-state index contributed by atoms with van der Waals surface area (Å²) in [6, 6.07) is 11.1. The minimum atomic E-state index is -1.03. The molecule has 0 saturated heterocycles. The average molecular weight is 315 g/mol. The van der Waals surface area contributed by atoms with Gasteiger partial charge in [-0.3, -0.25) is 4.79 Å². The van der Waals surface area contributed by atoms with E-state index in [2.05, 4.69) is 5.32 Å².